The molecule has 3 heterocycles. The third kappa shape index (κ3) is 4.19. The van der Waals surface area contributed by atoms with Crippen molar-refractivity contribution in [3.8, 4) is 0 Å². The molecule has 7 nitrogen and oxygen atoms in total. The Morgan fingerprint density at radius 1 is 1.19 bits per heavy atom. The zero-order valence-electron chi connectivity index (χ0n) is 15.1. The molecule has 0 aliphatic carbocycles. The van der Waals surface area contributed by atoms with Crippen LogP contribution in [0.3, 0.4) is 0 Å². The Bertz CT molecular complexity index is 857. The minimum atomic E-state index is -0.213. The number of halogens is 1. The van der Waals surface area contributed by atoms with E-state index in [-0.39, 0.29) is 11.7 Å². The molecule has 1 amide bonds. The number of carbonyl (C=O) groups is 1. The standard InChI is InChI=1S/C18H22FN5O2S/c19-14-3-5-15(6-4-14)22-10-8-21(9-11-22)13-24-18(27)26-16(20-24)12-23-7-1-2-17(23)25/h3-6H,1-2,7-13H2/p+1. The molecule has 0 bridgehead atoms. The SMILES string of the molecule is O=C1CCCN1Cc1nn(C[NH+]2CCN(c3ccc(F)cc3)CC2)c(=S)o1. The van der Waals surface area contributed by atoms with E-state index in [1.54, 1.807) is 9.58 Å². The van der Waals surface area contributed by atoms with Crippen LogP contribution in [0.25, 0.3) is 0 Å². The van der Waals surface area contributed by atoms with Gasteiger partial charge >= 0.3 is 0 Å². The van der Waals surface area contributed by atoms with E-state index in [1.807, 2.05) is 12.1 Å². The summed E-state index contributed by atoms with van der Waals surface area (Å²) in [5, 5.41) is 4.46. The fraction of sp³-hybridized carbons (Fsp3) is 0.500. The van der Waals surface area contributed by atoms with Crippen LogP contribution in [0.15, 0.2) is 28.7 Å². The van der Waals surface area contributed by atoms with Gasteiger partial charge in [0, 0.05) is 18.7 Å². The predicted molar refractivity (Wildman–Crippen MR) is 99.3 cm³/mol. The lowest BCUT2D eigenvalue weighted by molar-refractivity contribution is -0.924. The van der Waals surface area contributed by atoms with E-state index in [0.717, 1.165) is 44.8 Å². The zero-order chi connectivity index (χ0) is 18.8. The largest absolute Gasteiger partial charge is 0.412 e. The van der Waals surface area contributed by atoms with Crippen molar-refractivity contribution in [2.75, 3.05) is 37.6 Å². The summed E-state index contributed by atoms with van der Waals surface area (Å²) in [6.45, 7) is 5.45. The molecule has 1 aromatic carbocycles. The lowest BCUT2D eigenvalue weighted by Gasteiger charge is -2.33. The molecule has 4 rings (SSSR count). The average molecular weight is 392 g/mol. The molecule has 0 unspecified atom stereocenters. The van der Waals surface area contributed by atoms with Gasteiger partial charge in [-0.1, -0.05) is 0 Å². The number of benzene rings is 1. The summed E-state index contributed by atoms with van der Waals surface area (Å²) in [6, 6.07) is 6.63. The molecule has 1 N–H and O–H groups in total. The van der Waals surface area contributed by atoms with Crippen molar-refractivity contribution < 1.29 is 18.5 Å². The number of rotatable bonds is 5. The average Bonchev–Trinajstić information content (AvgIpc) is 3.22. The summed E-state index contributed by atoms with van der Waals surface area (Å²) >= 11 is 5.29. The minimum absolute atomic E-state index is 0.146. The highest BCUT2D eigenvalue weighted by atomic mass is 32.1. The van der Waals surface area contributed by atoms with Crippen LogP contribution in [0.4, 0.5) is 10.1 Å². The smallest absolute Gasteiger partial charge is 0.291 e. The van der Waals surface area contributed by atoms with E-state index in [9.17, 15) is 9.18 Å². The van der Waals surface area contributed by atoms with Gasteiger partial charge in [0.15, 0.2) is 6.67 Å². The van der Waals surface area contributed by atoms with Gasteiger partial charge in [-0.05, 0) is 42.9 Å². The number of hydrogen-bond acceptors (Lipinski definition) is 5. The van der Waals surface area contributed by atoms with Gasteiger partial charge in [0.05, 0.1) is 32.7 Å². The molecule has 0 atom stereocenters. The molecule has 2 aliphatic heterocycles. The highest BCUT2D eigenvalue weighted by molar-refractivity contribution is 7.71. The number of likely N-dealkylation sites (tertiary alicyclic amines) is 1. The molecule has 2 saturated heterocycles. The third-order valence-corrected chi connectivity index (χ3v) is 5.48. The summed E-state index contributed by atoms with van der Waals surface area (Å²) < 4.78 is 20.4. The number of nitrogens with one attached hydrogen (secondary N) is 1. The normalized spacial score (nSPS) is 18.5. The second kappa shape index (κ2) is 7.77. The first kappa shape index (κ1) is 18.1. The van der Waals surface area contributed by atoms with Gasteiger partial charge in [-0.3, -0.25) is 4.79 Å². The lowest BCUT2D eigenvalue weighted by Crippen LogP contribution is -3.14. The van der Waals surface area contributed by atoms with Gasteiger partial charge in [0.2, 0.25) is 11.8 Å². The number of aromatic nitrogens is 2. The molecule has 144 valence electrons. The van der Waals surface area contributed by atoms with Crippen LogP contribution in [0.2, 0.25) is 0 Å². The summed E-state index contributed by atoms with van der Waals surface area (Å²) in [4.78, 5) is 17.5. The molecule has 0 saturated carbocycles. The van der Waals surface area contributed by atoms with Crippen molar-refractivity contribution in [3.05, 3.63) is 40.8 Å². The molecule has 2 aromatic rings. The first-order valence-corrected chi connectivity index (χ1v) is 9.68. The molecule has 0 spiro atoms. The first-order valence-electron chi connectivity index (χ1n) is 9.27. The van der Waals surface area contributed by atoms with Crippen LogP contribution in [0, 0.1) is 10.7 Å². The second-order valence-corrected chi connectivity index (χ2v) is 7.40. The van der Waals surface area contributed by atoms with Crippen LogP contribution in [0.5, 0.6) is 0 Å². The number of quaternary nitrogens is 1. The number of anilines is 1. The van der Waals surface area contributed by atoms with Gasteiger partial charge in [0.25, 0.3) is 4.84 Å². The van der Waals surface area contributed by atoms with E-state index in [2.05, 4.69) is 10.00 Å². The highest BCUT2D eigenvalue weighted by Crippen LogP contribution is 2.15. The van der Waals surface area contributed by atoms with Crippen molar-refractivity contribution in [2.24, 2.45) is 0 Å². The van der Waals surface area contributed by atoms with Gasteiger partial charge in [0.1, 0.15) is 5.82 Å². The maximum atomic E-state index is 13.1. The van der Waals surface area contributed by atoms with Crippen molar-refractivity contribution in [2.45, 2.75) is 26.1 Å². The van der Waals surface area contributed by atoms with Gasteiger partial charge in [-0.25, -0.2) is 4.39 Å². The number of amides is 1. The Balaban J connectivity index is 1.33. The Kier molecular flexibility index (Phi) is 5.22. The van der Waals surface area contributed by atoms with Crippen molar-refractivity contribution in [1.82, 2.24) is 14.7 Å². The number of nitrogens with zero attached hydrogens (tertiary/aromatic N) is 4. The predicted octanol–water partition coefficient (Wildman–Crippen LogP) is 0.830. The molecular formula is C18H23FN5O2S+. The molecule has 2 fully saturated rings. The first-order chi connectivity index (χ1) is 13.1. The van der Waals surface area contributed by atoms with Crippen LogP contribution in [-0.2, 0) is 18.0 Å². The van der Waals surface area contributed by atoms with E-state index in [0.29, 0.717) is 30.4 Å². The molecule has 1 aromatic heterocycles. The lowest BCUT2D eigenvalue weighted by atomic mass is 10.2. The number of hydrogen-bond donors (Lipinski definition) is 1. The zero-order valence-corrected chi connectivity index (χ0v) is 15.9. The van der Waals surface area contributed by atoms with Crippen LogP contribution in [-0.4, -0.2) is 53.3 Å². The van der Waals surface area contributed by atoms with Crippen molar-refractivity contribution >= 4 is 23.8 Å². The van der Waals surface area contributed by atoms with Crippen molar-refractivity contribution in [3.63, 3.8) is 0 Å². The summed E-state index contributed by atoms with van der Waals surface area (Å²) in [7, 11) is 0. The monoisotopic (exact) mass is 392 g/mol. The van der Waals surface area contributed by atoms with E-state index in [4.69, 9.17) is 16.6 Å². The summed E-state index contributed by atoms with van der Waals surface area (Å²) in [5.74, 6) is 0.433. The second-order valence-electron chi connectivity index (χ2n) is 7.05. The van der Waals surface area contributed by atoms with Gasteiger partial charge in [-0.15, -0.1) is 5.10 Å². The summed E-state index contributed by atoms with van der Waals surface area (Å²) in [6.07, 6.45) is 1.49. The number of piperazine rings is 1. The quantitative estimate of drug-likeness (QED) is 0.764. The Labute approximate surface area is 162 Å². The van der Waals surface area contributed by atoms with Gasteiger partial charge < -0.3 is 19.1 Å². The highest BCUT2D eigenvalue weighted by Gasteiger charge is 2.24. The van der Waals surface area contributed by atoms with E-state index < -0.39 is 0 Å². The topological polar surface area (TPSA) is 59.0 Å². The molecular weight excluding hydrogens is 369 g/mol. The van der Waals surface area contributed by atoms with E-state index >= 15 is 0 Å². The molecule has 9 heteroatoms. The van der Waals surface area contributed by atoms with E-state index in [1.165, 1.54) is 17.0 Å². The Hall–Kier alpha value is -2.26. The number of carbonyl (C=O) groups excluding carboxylic acids is 1. The van der Waals surface area contributed by atoms with Gasteiger partial charge in [-0.2, -0.15) is 4.68 Å². The Morgan fingerprint density at radius 2 is 1.93 bits per heavy atom. The van der Waals surface area contributed by atoms with Crippen LogP contribution < -0.4 is 9.80 Å². The minimum Gasteiger partial charge on any atom is -0.412 e. The Morgan fingerprint density at radius 3 is 2.59 bits per heavy atom. The van der Waals surface area contributed by atoms with Crippen LogP contribution in [0.1, 0.15) is 18.7 Å². The van der Waals surface area contributed by atoms with Crippen molar-refractivity contribution in [1.29, 1.82) is 0 Å². The third-order valence-electron chi connectivity index (χ3n) is 5.18. The van der Waals surface area contributed by atoms with Crippen LogP contribution >= 0.6 is 12.2 Å². The maximum Gasteiger partial charge on any atom is 0.291 e. The summed E-state index contributed by atoms with van der Waals surface area (Å²) in [5.41, 5.74) is 1.05. The fourth-order valence-electron chi connectivity index (χ4n) is 3.65. The fourth-order valence-corrected chi connectivity index (χ4v) is 3.85. The molecule has 27 heavy (non-hydrogen) atoms. The maximum absolute atomic E-state index is 13.1. The molecule has 2 aliphatic rings. The molecule has 0 radical (unpaired) electrons.